The van der Waals surface area contributed by atoms with Crippen molar-refractivity contribution in [2.75, 3.05) is 0 Å². The first-order valence-electron chi connectivity index (χ1n) is 8.70. The Kier molecular flexibility index (Phi) is 5.08. The minimum Gasteiger partial charge on any atom is -0.368 e. The Morgan fingerprint density at radius 1 is 0.857 bits per heavy atom. The van der Waals surface area contributed by atoms with Crippen molar-refractivity contribution in [1.29, 1.82) is 0 Å². The van der Waals surface area contributed by atoms with E-state index >= 15 is 0 Å². The van der Waals surface area contributed by atoms with Crippen LogP contribution in [0.1, 0.15) is 27.4 Å². The molecule has 0 radical (unpaired) electrons. The number of rotatable bonds is 4. The molecule has 3 aromatic carbocycles. The van der Waals surface area contributed by atoms with Crippen LogP contribution in [0, 0.1) is 0 Å². The second kappa shape index (κ2) is 7.53. The van der Waals surface area contributed by atoms with E-state index in [1.54, 1.807) is 12.1 Å². The molecule has 4 rings (SSSR count). The third-order valence-corrected chi connectivity index (χ3v) is 5.85. The molecule has 1 aliphatic rings. The van der Waals surface area contributed by atoms with E-state index in [4.69, 9.17) is 5.73 Å². The number of nitrogens with one attached hydrogen (secondary N) is 1. The Morgan fingerprint density at radius 2 is 1.36 bits per heavy atom. The number of amides is 2. The Bertz CT molecular complexity index is 1030. The molecule has 3 N–H and O–H groups in total. The molecular formula is C22H16Br2N2O2. The summed E-state index contributed by atoms with van der Waals surface area (Å²) in [5.41, 5.74) is 10.3. The smallest absolute Gasteiger partial charge is 0.252 e. The Hall–Kier alpha value is -2.44. The summed E-state index contributed by atoms with van der Waals surface area (Å²) in [7, 11) is 0. The topological polar surface area (TPSA) is 72.2 Å². The summed E-state index contributed by atoms with van der Waals surface area (Å²) in [5.74, 6) is -1.25. The zero-order chi connectivity index (χ0) is 19.8. The van der Waals surface area contributed by atoms with Gasteiger partial charge in [-0.25, -0.2) is 0 Å². The minimum atomic E-state index is -0.866. The summed E-state index contributed by atoms with van der Waals surface area (Å²) in [6.07, 6.45) is 0. The maximum Gasteiger partial charge on any atom is 0.252 e. The Morgan fingerprint density at radius 3 is 1.86 bits per heavy atom. The lowest BCUT2D eigenvalue weighted by atomic mass is 9.88. The fraction of sp³-hybridized carbons (Fsp3) is 0.0909. The predicted molar refractivity (Wildman–Crippen MR) is 116 cm³/mol. The van der Waals surface area contributed by atoms with Crippen LogP contribution in [0.15, 0.2) is 75.7 Å². The molecule has 140 valence electrons. The molecule has 0 aliphatic heterocycles. The van der Waals surface area contributed by atoms with Gasteiger partial charge in [0, 0.05) is 20.4 Å². The van der Waals surface area contributed by atoms with Crippen LogP contribution in [-0.4, -0.2) is 17.9 Å². The molecule has 0 spiro atoms. The highest BCUT2D eigenvalue weighted by atomic mass is 79.9. The van der Waals surface area contributed by atoms with E-state index in [0.717, 1.165) is 31.2 Å². The SMILES string of the molecule is NC(=O)[C@@H](NC(=O)c1cc(Br)cc(Br)c1)C1c2ccccc2-c2ccccc21. The maximum atomic E-state index is 12.9. The number of halogens is 2. The third-order valence-electron chi connectivity index (χ3n) is 4.93. The molecule has 1 atom stereocenters. The van der Waals surface area contributed by atoms with Gasteiger partial charge in [0.15, 0.2) is 0 Å². The number of carbonyl (C=O) groups is 2. The molecule has 3 aromatic rings. The standard InChI is InChI=1S/C22H16Br2N2O2/c23-13-9-12(10-14(24)11-13)22(28)26-20(21(25)27)19-17-7-3-1-5-15(17)16-6-2-4-8-18(16)19/h1-11,19-20H,(H2,25,27)(H,26,28)/t20-/m0/s1. The highest BCUT2D eigenvalue weighted by molar-refractivity contribution is 9.11. The summed E-state index contributed by atoms with van der Waals surface area (Å²) in [4.78, 5) is 25.3. The number of hydrogen-bond donors (Lipinski definition) is 2. The van der Waals surface area contributed by atoms with Gasteiger partial charge in [0.05, 0.1) is 0 Å². The van der Waals surface area contributed by atoms with Crippen LogP contribution in [0.3, 0.4) is 0 Å². The maximum absolute atomic E-state index is 12.9. The quantitative estimate of drug-likeness (QED) is 0.550. The van der Waals surface area contributed by atoms with E-state index in [-0.39, 0.29) is 11.8 Å². The van der Waals surface area contributed by atoms with Crippen molar-refractivity contribution in [2.24, 2.45) is 5.73 Å². The first kappa shape index (κ1) is 18.9. The molecule has 28 heavy (non-hydrogen) atoms. The van der Waals surface area contributed by atoms with Crippen molar-refractivity contribution in [1.82, 2.24) is 5.32 Å². The van der Waals surface area contributed by atoms with E-state index in [9.17, 15) is 9.59 Å². The number of benzene rings is 3. The normalized spacial score (nSPS) is 13.5. The zero-order valence-corrected chi connectivity index (χ0v) is 17.8. The van der Waals surface area contributed by atoms with Gasteiger partial charge in [-0.3, -0.25) is 9.59 Å². The summed E-state index contributed by atoms with van der Waals surface area (Å²) in [6, 6.07) is 20.2. The molecule has 0 fully saturated rings. The van der Waals surface area contributed by atoms with E-state index in [1.165, 1.54) is 0 Å². The van der Waals surface area contributed by atoms with Crippen LogP contribution in [0.2, 0.25) is 0 Å². The molecule has 4 nitrogen and oxygen atoms in total. The molecule has 0 aromatic heterocycles. The van der Waals surface area contributed by atoms with Gasteiger partial charge in [-0.2, -0.15) is 0 Å². The third kappa shape index (κ3) is 3.38. The van der Waals surface area contributed by atoms with Gasteiger partial charge in [0.25, 0.3) is 5.91 Å². The van der Waals surface area contributed by atoms with Crippen LogP contribution >= 0.6 is 31.9 Å². The predicted octanol–water partition coefficient (Wildman–Crippen LogP) is 4.61. The van der Waals surface area contributed by atoms with Crippen LogP contribution in [0.5, 0.6) is 0 Å². The number of nitrogens with two attached hydrogens (primary N) is 1. The highest BCUT2D eigenvalue weighted by Crippen LogP contribution is 2.46. The molecule has 0 saturated heterocycles. The minimum absolute atomic E-state index is 0.329. The second-order valence-electron chi connectivity index (χ2n) is 6.66. The molecule has 0 heterocycles. The molecule has 6 heteroatoms. The molecule has 1 aliphatic carbocycles. The Labute approximate surface area is 179 Å². The zero-order valence-electron chi connectivity index (χ0n) is 14.7. The molecule has 0 saturated carbocycles. The second-order valence-corrected chi connectivity index (χ2v) is 8.50. The van der Waals surface area contributed by atoms with Crippen molar-refractivity contribution < 1.29 is 9.59 Å². The van der Waals surface area contributed by atoms with Crippen LogP contribution in [0.4, 0.5) is 0 Å². The van der Waals surface area contributed by atoms with Crippen molar-refractivity contribution in [3.63, 3.8) is 0 Å². The van der Waals surface area contributed by atoms with E-state index in [2.05, 4.69) is 37.2 Å². The summed E-state index contributed by atoms with van der Waals surface area (Å²) in [5, 5.41) is 2.86. The van der Waals surface area contributed by atoms with Gasteiger partial charge in [0.2, 0.25) is 5.91 Å². The highest BCUT2D eigenvalue weighted by Gasteiger charge is 2.38. The van der Waals surface area contributed by atoms with Crippen LogP contribution < -0.4 is 11.1 Å². The first-order chi connectivity index (χ1) is 13.5. The number of primary amides is 1. The van der Waals surface area contributed by atoms with Gasteiger partial charge >= 0.3 is 0 Å². The number of carbonyl (C=O) groups excluding carboxylic acids is 2. The summed E-state index contributed by atoms with van der Waals surface area (Å²) < 4.78 is 1.53. The largest absolute Gasteiger partial charge is 0.368 e. The van der Waals surface area contributed by atoms with Crippen LogP contribution in [-0.2, 0) is 4.79 Å². The monoisotopic (exact) mass is 498 g/mol. The Balaban J connectivity index is 1.75. The van der Waals surface area contributed by atoms with E-state index < -0.39 is 11.9 Å². The van der Waals surface area contributed by atoms with Gasteiger partial charge in [-0.1, -0.05) is 80.4 Å². The fourth-order valence-electron chi connectivity index (χ4n) is 3.78. The van der Waals surface area contributed by atoms with E-state index in [1.807, 2.05) is 54.6 Å². The molecular weight excluding hydrogens is 484 g/mol. The van der Waals surface area contributed by atoms with Crippen molar-refractivity contribution in [3.05, 3.63) is 92.4 Å². The van der Waals surface area contributed by atoms with Gasteiger partial charge < -0.3 is 11.1 Å². The van der Waals surface area contributed by atoms with Crippen molar-refractivity contribution in [3.8, 4) is 11.1 Å². The van der Waals surface area contributed by atoms with E-state index in [0.29, 0.717) is 5.56 Å². The van der Waals surface area contributed by atoms with Crippen molar-refractivity contribution in [2.45, 2.75) is 12.0 Å². The lowest BCUT2D eigenvalue weighted by molar-refractivity contribution is -0.120. The summed E-state index contributed by atoms with van der Waals surface area (Å²) >= 11 is 6.77. The number of hydrogen-bond acceptors (Lipinski definition) is 2. The van der Waals surface area contributed by atoms with Gasteiger partial charge in [0.1, 0.15) is 6.04 Å². The van der Waals surface area contributed by atoms with Gasteiger partial charge in [-0.05, 0) is 40.5 Å². The first-order valence-corrected chi connectivity index (χ1v) is 10.3. The molecule has 2 amide bonds. The van der Waals surface area contributed by atoms with Crippen LogP contribution in [0.25, 0.3) is 11.1 Å². The molecule has 0 unspecified atom stereocenters. The molecule has 0 bridgehead atoms. The fourth-order valence-corrected chi connectivity index (χ4v) is 5.08. The lowest BCUT2D eigenvalue weighted by Crippen LogP contribution is -2.48. The van der Waals surface area contributed by atoms with Gasteiger partial charge in [-0.15, -0.1) is 0 Å². The van der Waals surface area contributed by atoms with Crippen molar-refractivity contribution >= 4 is 43.7 Å². The average Bonchev–Trinajstić information content (AvgIpc) is 2.99. The number of fused-ring (bicyclic) bond motifs is 3. The summed E-state index contributed by atoms with van der Waals surface area (Å²) in [6.45, 7) is 0. The average molecular weight is 500 g/mol. The lowest BCUT2D eigenvalue weighted by Gasteiger charge is -2.24.